The van der Waals surface area contributed by atoms with E-state index >= 15 is 0 Å². The molecule has 150 valence electrons. The van der Waals surface area contributed by atoms with Crippen LogP contribution in [-0.2, 0) is 11.2 Å². The molecule has 1 saturated heterocycles. The molecular weight excluding hydrogens is 364 g/mol. The van der Waals surface area contributed by atoms with Crippen LogP contribution < -0.4 is 0 Å². The van der Waals surface area contributed by atoms with E-state index in [1.807, 2.05) is 35.2 Å². The second-order valence-electron chi connectivity index (χ2n) is 7.27. The maximum absolute atomic E-state index is 12.4. The average molecular weight is 390 g/mol. The zero-order chi connectivity index (χ0) is 20.1. The van der Waals surface area contributed by atoms with Gasteiger partial charge in [0.05, 0.1) is 0 Å². The number of hydrogen-bond acceptors (Lipinski definition) is 5. The first-order valence-corrected chi connectivity index (χ1v) is 10.2. The van der Waals surface area contributed by atoms with Crippen molar-refractivity contribution in [2.24, 2.45) is 0 Å². The quantitative estimate of drug-likeness (QED) is 0.645. The molecule has 1 amide bonds. The summed E-state index contributed by atoms with van der Waals surface area (Å²) in [5.74, 6) is 1.23. The Labute approximate surface area is 171 Å². The van der Waals surface area contributed by atoms with E-state index in [0.717, 1.165) is 43.9 Å². The Morgan fingerprint density at radius 1 is 0.931 bits per heavy atom. The van der Waals surface area contributed by atoms with Crippen LogP contribution in [0.4, 0.5) is 0 Å². The Morgan fingerprint density at radius 3 is 2.28 bits per heavy atom. The van der Waals surface area contributed by atoms with Gasteiger partial charge in [0.1, 0.15) is 0 Å². The first-order valence-electron chi connectivity index (χ1n) is 10.2. The Hall–Kier alpha value is -2.99. The molecule has 0 bridgehead atoms. The van der Waals surface area contributed by atoms with Gasteiger partial charge in [-0.2, -0.15) is 4.98 Å². The summed E-state index contributed by atoms with van der Waals surface area (Å²) in [4.78, 5) is 21.2. The van der Waals surface area contributed by atoms with Crippen molar-refractivity contribution in [1.29, 1.82) is 0 Å². The van der Waals surface area contributed by atoms with Crippen molar-refractivity contribution >= 4 is 5.91 Å². The van der Waals surface area contributed by atoms with Gasteiger partial charge in [-0.25, -0.2) is 0 Å². The number of aromatic nitrogens is 2. The number of rotatable bonds is 6. The molecule has 0 saturated carbocycles. The lowest BCUT2D eigenvalue weighted by molar-refractivity contribution is -0.132. The molecule has 2 aromatic carbocycles. The topological polar surface area (TPSA) is 62.5 Å². The molecule has 0 radical (unpaired) electrons. The Bertz CT molecular complexity index is 929. The van der Waals surface area contributed by atoms with Gasteiger partial charge in [0, 0.05) is 44.6 Å². The minimum absolute atomic E-state index is 0.160. The number of likely N-dealkylation sites (N-methyl/N-ethyl adjacent to an activating group) is 1. The molecule has 6 heteroatoms. The standard InChI is InChI=1S/C23H26N4O2/c1-2-26-14-16-27(17-15-26)22(28)13-12-21-24-23(25-29-21)20-10-8-19(9-11-20)18-6-4-3-5-7-18/h3-11H,2,12-17H2,1H3. The average Bonchev–Trinajstić information content (AvgIpc) is 3.27. The second-order valence-corrected chi connectivity index (χ2v) is 7.27. The Morgan fingerprint density at radius 2 is 1.59 bits per heavy atom. The number of carbonyl (C=O) groups is 1. The zero-order valence-corrected chi connectivity index (χ0v) is 16.8. The van der Waals surface area contributed by atoms with Crippen LogP contribution >= 0.6 is 0 Å². The normalized spacial score (nSPS) is 14.9. The van der Waals surface area contributed by atoms with Gasteiger partial charge >= 0.3 is 0 Å². The van der Waals surface area contributed by atoms with Crippen LogP contribution in [0.5, 0.6) is 0 Å². The van der Waals surface area contributed by atoms with E-state index in [1.54, 1.807) is 0 Å². The largest absolute Gasteiger partial charge is 0.340 e. The highest BCUT2D eigenvalue weighted by molar-refractivity contribution is 5.76. The third-order valence-corrected chi connectivity index (χ3v) is 5.44. The van der Waals surface area contributed by atoms with Crippen molar-refractivity contribution in [3.8, 4) is 22.5 Å². The lowest BCUT2D eigenvalue weighted by atomic mass is 10.0. The summed E-state index contributed by atoms with van der Waals surface area (Å²) in [5.41, 5.74) is 3.22. The fourth-order valence-electron chi connectivity index (χ4n) is 3.60. The monoisotopic (exact) mass is 390 g/mol. The van der Waals surface area contributed by atoms with Crippen molar-refractivity contribution in [3.63, 3.8) is 0 Å². The molecule has 4 rings (SSSR count). The minimum Gasteiger partial charge on any atom is -0.340 e. The van der Waals surface area contributed by atoms with Crippen LogP contribution in [0.2, 0.25) is 0 Å². The number of piperazine rings is 1. The molecule has 0 aliphatic carbocycles. The lowest BCUT2D eigenvalue weighted by Gasteiger charge is -2.34. The van der Waals surface area contributed by atoms with Gasteiger partial charge in [0.15, 0.2) is 0 Å². The third kappa shape index (κ3) is 4.71. The van der Waals surface area contributed by atoms with E-state index in [-0.39, 0.29) is 5.91 Å². The Kier molecular flexibility index (Phi) is 6.00. The van der Waals surface area contributed by atoms with Crippen LogP contribution in [0.15, 0.2) is 59.1 Å². The molecule has 0 unspecified atom stereocenters. The fraction of sp³-hybridized carbons (Fsp3) is 0.348. The molecule has 0 atom stereocenters. The molecular formula is C23H26N4O2. The molecule has 1 aliphatic heterocycles. The van der Waals surface area contributed by atoms with Crippen molar-refractivity contribution < 1.29 is 9.32 Å². The number of carbonyl (C=O) groups excluding carboxylic acids is 1. The Balaban J connectivity index is 1.33. The van der Waals surface area contributed by atoms with Gasteiger partial charge < -0.3 is 14.3 Å². The molecule has 29 heavy (non-hydrogen) atoms. The smallest absolute Gasteiger partial charge is 0.227 e. The van der Waals surface area contributed by atoms with E-state index in [9.17, 15) is 4.79 Å². The van der Waals surface area contributed by atoms with Gasteiger partial charge in [-0.1, -0.05) is 66.7 Å². The van der Waals surface area contributed by atoms with E-state index < -0.39 is 0 Å². The highest BCUT2D eigenvalue weighted by Crippen LogP contribution is 2.23. The highest BCUT2D eigenvalue weighted by Gasteiger charge is 2.20. The maximum Gasteiger partial charge on any atom is 0.227 e. The van der Waals surface area contributed by atoms with Crippen molar-refractivity contribution in [2.75, 3.05) is 32.7 Å². The summed E-state index contributed by atoms with van der Waals surface area (Å²) in [6.45, 7) is 6.70. The van der Waals surface area contributed by atoms with Gasteiger partial charge in [0.2, 0.25) is 17.6 Å². The highest BCUT2D eigenvalue weighted by atomic mass is 16.5. The SMILES string of the molecule is CCN1CCN(C(=O)CCc2nc(-c3ccc(-c4ccccc4)cc3)no2)CC1. The zero-order valence-electron chi connectivity index (χ0n) is 16.8. The third-order valence-electron chi connectivity index (χ3n) is 5.44. The summed E-state index contributed by atoms with van der Waals surface area (Å²) in [6, 6.07) is 18.3. The van der Waals surface area contributed by atoms with E-state index in [0.29, 0.717) is 24.6 Å². The van der Waals surface area contributed by atoms with Crippen molar-refractivity contribution in [3.05, 3.63) is 60.5 Å². The lowest BCUT2D eigenvalue weighted by Crippen LogP contribution is -2.48. The van der Waals surface area contributed by atoms with E-state index in [2.05, 4.69) is 46.2 Å². The van der Waals surface area contributed by atoms with E-state index in [1.165, 1.54) is 5.56 Å². The molecule has 0 spiro atoms. The number of amides is 1. The molecule has 3 aromatic rings. The van der Waals surface area contributed by atoms with Gasteiger partial charge in [-0.05, 0) is 17.7 Å². The fourth-order valence-corrected chi connectivity index (χ4v) is 3.60. The van der Waals surface area contributed by atoms with E-state index in [4.69, 9.17) is 4.52 Å². The molecule has 1 aliphatic rings. The second kappa shape index (κ2) is 9.01. The van der Waals surface area contributed by atoms with Crippen molar-refractivity contribution in [1.82, 2.24) is 19.9 Å². The van der Waals surface area contributed by atoms with Crippen LogP contribution in [0.25, 0.3) is 22.5 Å². The molecule has 6 nitrogen and oxygen atoms in total. The summed E-state index contributed by atoms with van der Waals surface area (Å²) in [6.07, 6.45) is 0.878. The van der Waals surface area contributed by atoms with Gasteiger partial charge in [-0.3, -0.25) is 4.79 Å². The number of benzene rings is 2. The number of aryl methyl sites for hydroxylation is 1. The van der Waals surface area contributed by atoms with Gasteiger partial charge in [0.25, 0.3) is 0 Å². The summed E-state index contributed by atoms with van der Waals surface area (Å²) < 4.78 is 5.37. The molecule has 1 aromatic heterocycles. The first-order chi connectivity index (χ1) is 14.2. The predicted octanol–water partition coefficient (Wildman–Crippen LogP) is 3.50. The molecule has 1 fully saturated rings. The summed E-state index contributed by atoms with van der Waals surface area (Å²) in [5, 5.41) is 4.08. The van der Waals surface area contributed by atoms with Gasteiger partial charge in [-0.15, -0.1) is 0 Å². The molecule has 2 heterocycles. The summed E-state index contributed by atoms with van der Waals surface area (Å²) >= 11 is 0. The number of hydrogen-bond donors (Lipinski definition) is 0. The molecule has 0 N–H and O–H groups in total. The van der Waals surface area contributed by atoms with Crippen LogP contribution in [0.1, 0.15) is 19.2 Å². The first kappa shape index (κ1) is 19.3. The minimum atomic E-state index is 0.160. The maximum atomic E-state index is 12.4. The van der Waals surface area contributed by atoms with Crippen LogP contribution in [-0.4, -0.2) is 58.6 Å². The van der Waals surface area contributed by atoms with Crippen LogP contribution in [0.3, 0.4) is 0 Å². The van der Waals surface area contributed by atoms with Crippen molar-refractivity contribution in [2.45, 2.75) is 19.8 Å². The van der Waals surface area contributed by atoms with Crippen LogP contribution in [0, 0.1) is 0 Å². The predicted molar refractivity (Wildman–Crippen MR) is 112 cm³/mol. The number of nitrogens with zero attached hydrogens (tertiary/aromatic N) is 4. The summed E-state index contributed by atoms with van der Waals surface area (Å²) in [7, 11) is 0.